The Balaban J connectivity index is 1.63. The molecule has 132 valence electrons. The lowest BCUT2D eigenvalue weighted by Crippen LogP contribution is -2.44. The van der Waals surface area contributed by atoms with Crippen LogP contribution >= 0.6 is 0 Å². The minimum atomic E-state index is -0.267. The van der Waals surface area contributed by atoms with Gasteiger partial charge in [-0.3, -0.25) is 9.69 Å². The Labute approximate surface area is 144 Å². The van der Waals surface area contributed by atoms with Gasteiger partial charge in [0, 0.05) is 32.6 Å². The molecule has 0 radical (unpaired) electrons. The average molecular weight is 332 g/mol. The van der Waals surface area contributed by atoms with Gasteiger partial charge in [0.1, 0.15) is 11.9 Å². The number of methoxy groups -OCH3 is 1. The summed E-state index contributed by atoms with van der Waals surface area (Å²) in [6, 6.07) is 8.26. The molecule has 2 aliphatic rings. The van der Waals surface area contributed by atoms with Crippen LogP contribution in [-0.4, -0.2) is 62.7 Å². The van der Waals surface area contributed by atoms with Gasteiger partial charge in [-0.05, 0) is 43.5 Å². The van der Waals surface area contributed by atoms with Crippen LogP contribution in [-0.2, 0) is 16.1 Å². The van der Waals surface area contributed by atoms with Crippen molar-refractivity contribution in [2.75, 3.05) is 40.9 Å². The second-order valence-electron chi connectivity index (χ2n) is 7.40. The molecule has 0 saturated carbocycles. The molecule has 0 N–H and O–H groups in total. The Hall–Kier alpha value is -1.59. The number of rotatable bonds is 4. The van der Waals surface area contributed by atoms with E-state index in [1.807, 2.05) is 12.1 Å². The van der Waals surface area contributed by atoms with Crippen molar-refractivity contribution >= 4 is 5.91 Å². The molecule has 0 aromatic heterocycles. The second kappa shape index (κ2) is 7.11. The molecule has 2 aliphatic heterocycles. The van der Waals surface area contributed by atoms with Crippen LogP contribution in [0, 0.1) is 5.41 Å². The van der Waals surface area contributed by atoms with Crippen molar-refractivity contribution in [1.82, 2.24) is 9.80 Å². The molecule has 2 unspecified atom stereocenters. The van der Waals surface area contributed by atoms with Gasteiger partial charge < -0.3 is 14.4 Å². The maximum atomic E-state index is 12.2. The van der Waals surface area contributed by atoms with E-state index >= 15 is 0 Å². The summed E-state index contributed by atoms with van der Waals surface area (Å²) < 4.78 is 11.2. The van der Waals surface area contributed by atoms with Crippen LogP contribution in [0.5, 0.6) is 5.75 Å². The molecule has 2 atom stereocenters. The Bertz CT molecular complexity index is 590. The van der Waals surface area contributed by atoms with E-state index in [-0.39, 0.29) is 17.4 Å². The summed E-state index contributed by atoms with van der Waals surface area (Å²) in [5.41, 5.74) is 1.40. The zero-order valence-corrected chi connectivity index (χ0v) is 15.0. The number of hydrogen-bond donors (Lipinski definition) is 0. The minimum absolute atomic E-state index is 0.0943. The number of likely N-dealkylation sites (tertiary alicyclic amines) is 1. The Morgan fingerprint density at radius 1 is 1.46 bits per heavy atom. The first kappa shape index (κ1) is 17.2. The lowest BCUT2D eigenvalue weighted by molar-refractivity contribution is -0.138. The predicted octanol–water partition coefficient (Wildman–Crippen LogP) is 2.15. The molecule has 1 amide bonds. The zero-order valence-electron chi connectivity index (χ0n) is 15.0. The van der Waals surface area contributed by atoms with Gasteiger partial charge in [-0.25, -0.2) is 0 Å². The van der Waals surface area contributed by atoms with Crippen molar-refractivity contribution < 1.29 is 14.3 Å². The van der Waals surface area contributed by atoms with Crippen LogP contribution in [0.25, 0.3) is 0 Å². The molecule has 0 bridgehead atoms. The standard InChI is InChI=1S/C19H28N2O3/c1-20(2)18(22)17-11-19(14-24-17)8-5-9-21(13-19)12-15-6-4-7-16(10-15)23-3/h4,6-7,10,17H,5,8-9,11-14H2,1-3H3. The number of likely N-dealkylation sites (N-methyl/N-ethyl adjacent to an activating group) is 1. The number of benzene rings is 1. The van der Waals surface area contributed by atoms with E-state index in [4.69, 9.17) is 9.47 Å². The van der Waals surface area contributed by atoms with Crippen LogP contribution in [0.3, 0.4) is 0 Å². The molecule has 1 aromatic rings. The molecular formula is C19H28N2O3. The second-order valence-corrected chi connectivity index (χ2v) is 7.40. The summed E-state index contributed by atoms with van der Waals surface area (Å²) in [6.45, 7) is 3.73. The molecule has 5 heteroatoms. The summed E-state index contributed by atoms with van der Waals surface area (Å²) in [7, 11) is 5.30. The minimum Gasteiger partial charge on any atom is -0.497 e. The Morgan fingerprint density at radius 3 is 3.04 bits per heavy atom. The van der Waals surface area contributed by atoms with E-state index in [1.54, 1.807) is 26.1 Å². The van der Waals surface area contributed by atoms with Crippen LogP contribution in [0.2, 0.25) is 0 Å². The highest BCUT2D eigenvalue weighted by Crippen LogP contribution is 2.41. The van der Waals surface area contributed by atoms with E-state index in [2.05, 4.69) is 17.0 Å². The number of ether oxygens (including phenoxy) is 2. The Morgan fingerprint density at radius 2 is 2.29 bits per heavy atom. The number of amides is 1. The maximum absolute atomic E-state index is 12.2. The van der Waals surface area contributed by atoms with Crippen molar-refractivity contribution in [1.29, 1.82) is 0 Å². The fourth-order valence-corrected chi connectivity index (χ4v) is 3.99. The van der Waals surface area contributed by atoms with Crippen LogP contribution in [0.4, 0.5) is 0 Å². The molecule has 24 heavy (non-hydrogen) atoms. The van der Waals surface area contributed by atoms with E-state index in [1.165, 1.54) is 5.56 Å². The van der Waals surface area contributed by atoms with E-state index in [0.29, 0.717) is 6.61 Å². The monoisotopic (exact) mass is 332 g/mol. The quantitative estimate of drug-likeness (QED) is 0.847. The number of hydrogen-bond acceptors (Lipinski definition) is 4. The molecule has 1 spiro atoms. The summed E-state index contributed by atoms with van der Waals surface area (Å²) in [5.74, 6) is 0.997. The Kier molecular flexibility index (Phi) is 5.11. The van der Waals surface area contributed by atoms with Crippen molar-refractivity contribution in [3.8, 4) is 5.75 Å². The average Bonchev–Trinajstić information content (AvgIpc) is 2.97. The molecule has 2 fully saturated rings. The summed E-state index contributed by atoms with van der Waals surface area (Å²) in [4.78, 5) is 16.3. The third-order valence-electron chi connectivity index (χ3n) is 5.21. The molecule has 2 saturated heterocycles. The van der Waals surface area contributed by atoms with Gasteiger partial charge in [-0.15, -0.1) is 0 Å². The summed E-state index contributed by atoms with van der Waals surface area (Å²) in [6.07, 6.45) is 2.89. The van der Waals surface area contributed by atoms with Gasteiger partial charge in [0.25, 0.3) is 5.91 Å². The van der Waals surface area contributed by atoms with E-state index < -0.39 is 0 Å². The fraction of sp³-hybridized carbons (Fsp3) is 0.632. The maximum Gasteiger partial charge on any atom is 0.251 e. The lowest BCUT2D eigenvalue weighted by atomic mass is 9.78. The van der Waals surface area contributed by atoms with Crippen molar-refractivity contribution in [3.05, 3.63) is 29.8 Å². The molecule has 3 rings (SSSR count). The molecular weight excluding hydrogens is 304 g/mol. The third kappa shape index (κ3) is 3.73. The number of piperidine rings is 1. The zero-order chi connectivity index (χ0) is 17.2. The molecule has 1 aromatic carbocycles. The van der Waals surface area contributed by atoms with E-state index in [9.17, 15) is 4.79 Å². The fourth-order valence-electron chi connectivity index (χ4n) is 3.99. The van der Waals surface area contributed by atoms with Gasteiger partial charge in [-0.1, -0.05) is 12.1 Å². The predicted molar refractivity (Wildman–Crippen MR) is 93.0 cm³/mol. The first-order chi connectivity index (χ1) is 11.5. The normalized spacial score (nSPS) is 27.4. The first-order valence-electron chi connectivity index (χ1n) is 8.69. The first-order valence-corrected chi connectivity index (χ1v) is 8.69. The largest absolute Gasteiger partial charge is 0.497 e. The molecule has 0 aliphatic carbocycles. The van der Waals surface area contributed by atoms with Crippen molar-refractivity contribution in [2.24, 2.45) is 5.41 Å². The third-order valence-corrected chi connectivity index (χ3v) is 5.21. The van der Waals surface area contributed by atoms with Crippen LogP contribution in [0.15, 0.2) is 24.3 Å². The van der Waals surface area contributed by atoms with Crippen molar-refractivity contribution in [2.45, 2.75) is 31.9 Å². The van der Waals surface area contributed by atoms with Gasteiger partial charge in [-0.2, -0.15) is 0 Å². The molecule has 5 nitrogen and oxygen atoms in total. The van der Waals surface area contributed by atoms with Gasteiger partial charge >= 0.3 is 0 Å². The summed E-state index contributed by atoms with van der Waals surface area (Å²) >= 11 is 0. The van der Waals surface area contributed by atoms with Crippen LogP contribution in [0.1, 0.15) is 24.8 Å². The SMILES string of the molecule is COc1cccc(CN2CCCC3(COC(C(=O)N(C)C)C3)C2)c1. The number of carbonyl (C=O) groups is 1. The highest BCUT2D eigenvalue weighted by molar-refractivity contribution is 5.80. The highest BCUT2D eigenvalue weighted by atomic mass is 16.5. The van der Waals surface area contributed by atoms with Gasteiger partial charge in [0.05, 0.1) is 13.7 Å². The van der Waals surface area contributed by atoms with Gasteiger partial charge in [0.15, 0.2) is 0 Å². The summed E-state index contributed by atoms with van der Waals surface area (Å²) in [5, 5.41) is 0. The number of nitrogens with zero attached hydrogens (tertiary/aromatic N) is 2. The lowest BCUT2D eigenvalue weighted by Gasteiger charge is -2.39. The highest BCUT2D eigenvalue weighted by Gasteiger charge is 2.45. The topological polar surface area (TPSA) is 42.0 Å². The molecule has 2 heterocycles. The van der Waals surface area contributed by atoms with Gasteiger partial charge in [0.2, 0.25) is 0 Å². The van der Waals surface area contributed by atoms with Crippen LogP contribution < -0.4 is 4.74 Å². The smallest absolute Gasteiger partial charge is 0.251 e. The van der Waals surface area contributed by atoms with E-state index in [0.717, 1.165) is 44.6 Å². The van der Waals surface area contributed by atoms with Crippen molar-refractivity contribution in [3.63, 3.8) is 0 Å². The number of carbonyl (C=O) groups excluding carboxylic acids is 1.